The molecule has 0 fully saturated rings. The number of ether oxygens (including phenoxy) is 2. The fourth-order valence-electron chi connectivity index (χ4n) is 2.89. The van der Waals surface area contributed by atoms with E-state index in [0.717, 1.165) is 30.8 Å². The van der Waals surface area contributed by atoms with E-state index in [4.69, 9.17) is 15.2 Å². The summed E-state index contributed by atoms with van der Waals surface area (Å²) in [6, 6.07) is 4.34. The molecule has 2 rings (SSSR count). The zero-order chi connectivity index (χ0) is 14.8. The van der Waals surface area contributed by atoms with E-state index >= 15 is 0 Å². The normalized spacial score (nSPS) is 19.8. The number of rotatable bonds is 6. The second-order valence-electron chi connectivity index (χ2n) is 6.28. The lowest BCUT2D eigenvalue weighted by atomic mass is 9.86. The highest BCUT2D eigenvalue weighted by Crippen LogP contribution is 2.47. The number of benzene rings is 1. The van der Waals surface area contributed by atoms with Crippen LogP contribution >= 0.6 is 0 Å². The smallest absolute Gasteiger partial charge is 0.161 e. The molecule has 0 heterocycles. The minimum Gasteiger partial charge on any atom is -0.490 e. The lowest BCUT2D eigenvalue weighted by Crippen LogP contribution is -2.14. The lowest BCUT2D eigenvalue weighted by Gasteiger charge is -2.21. The predicted octanol–water partition coefficient (Wildman–Crippen LogP) is 3.95. The van der Waals surface area contributed by atoms with Gasteiger partial charge in [0.15, 0.2) is 11.5 Å². The van der Waals surface area contributed by atoms with Crippen molar-refractivity contribution in [2.45, 2.75) is 58.4 Å². The Bertz CT molecular complexity index is 468. The quantitative estimate of drug-likeness (QED) is 0.856. The largest absolute Gasteiger partial charge is 0.490 e. The van der Waals surface area contributed by atoms with Crippen molar-refractivity contribution in [2.24, 2.45) is 5.73 Å². The van der Waals surface area contributed by atoms with Crippen LogP contribution in [-0.4, -0.2) is 13.2 Å². The third kappa shape index (κ3) is 2.93. The summed E-state index contributed by atoms with van der Waals surface area (Å²) >= 11 is 0. The van der Waals surface area contributed by atoms with Crippen molar-refractivity contribution in [1.82, 2.24) is 0 Å². The van der Waals surface area contributed by atoms with Gasteiger partial charge in [0.1, 0.15) is 0 Å². The first-order valence-electron chi connectivity index (χ1n) is 7.69. The molecule has 2 N–H and O–H groups in total. The minimum absolute atomic E-state index is 0.101. The van der Waals surface area contributed by atoms with Crippen LogP contribution in [0.5, 0.6) is 11.5 Å². The standard InChI is InChI=1S/C17H27NO2/c1-5-7-19-15-9-12-13(10-16(15)20-8-6-2)17(3,4)11-14(12)18/h9-10,14H,5-8,11,18H2,1-4H3. The molecule has 1 aliphatic rings. The van der Waals surface area contributed by atoms with Crippen molar-refractivity contribution >= 4 is 0 Å². The van der Waals surface area contributed by atoms with Crippen LogP contribution in [0.15, 0.2) is 12.1 Å². The van der Waals surface area contributed by atoms with E-state index in [1.165, 1.54) is 11.1 Å². The molecule has 0 amide bonds. The molecule has 1 atom stereocenters. The van der Waals surface area contributed by atoms with Crippen LogP contribution in [0.25, 0.3) is 0 Å². The molecule has 0 aromatic heterocycles. The summed E-state index contributed by atoms with van der Waals surface area (Å²) in [6.45, 7) is 10.1. The van der Waals surface area contributed by atoms with Gasteiger partial charge in [0.25, 0.3) is 0 Å². The molecular formula is C17H27NO2. The van der Waals surface area contributed by atoms with Gasteiger partial charge in [-0.3, -0.25) is 0 Å². The molecule has 0 radical (unpaired) electrons. The third-order valence-corrected chi connectivity index (χ3v) is 3.90. The Balaban J connectivity index is 2.38. The van der Waals surface area contributed by atoms with E-state index in [2.05, 4.69) is 39.8 Å². The van der Waals surface area contributed by atoms with Gasteiger partial charge in [0, 0.05) is 6.04 Å². The molecule has 3 nitrogen and oxygen atoms in total. The van der Waals surface area contributed by atoms with Crippen LogP contribution in [0.2, 0.25) is 0 Å². The predicted molar refractivity (Wildman–Crippen MR) is 82.6 cm³/mol. The Morgan fingerprint density at radius 2 is 1.65 bits per heavy atom. The SMILES string of the molecule is CCCOc1cc2c(cc1OCCC)C(C)(C)CC2N. The van der Waals surface area contributed by atoms with Crippen molar-refractivity contribution < 1.29 is 9.47 Å². The van der Waals surface area contributed by atoms with Gasteiger partial charge in [0.2, 0.25) is 0 Å². The highest BCUT2D eigenvalue weighted by Gasteiger charge is 2.36. The molecule has 0 bridgehead atoms. The van der Waals surface area contributed by atoms with Gasteiger partial charge in [-0.25, -0.2) is 0 Å². The molecule has 0 saturated heterocycles. The lowest BCUT2D eigenvalue weighted by molar-refractivity contribution is 0.267. The van der Waals surface area contributed by atoms with E-state index in [1.807, 2.05) is 0 Å². The van der Waals surface area contributed by atoms with Gasteiger partial charge in [-0.05, 0) is 47.9 Å². The minimum atomic E-state index is 0.101. The second-order valence-corrected chi connectivity index (χ2v) is 6.28. The Morgan fingerprint density at radius 3 is 2.20 bits per heavy atom. The topological polar surface area (TPSA) is 44.5 Å². The molecule has 1 aliphatic carbocycles. The van der Waals surface area contributed by atoms with Gasteiger partial charge in [0.05, 0.1) is 13.2 Å². The molecule has 1 unspecified atom stereocenters. The van der Waals surface area contributed by atoms with Crippen LogP contribution in [0.3, 0.4) is 0 Å². The van der Waals surface area contributed by atoms with E-state index in [-0.39, 0.29) is 11.5 Å². The van der Waals surface area contributed by atoms with E-state index in [9.17, 15) is 0 Å². The fourth-order valence-corrected chi connectivity index (χ4v) is 2.89. The summed E-state index contributed by atoms with van der Waals surface area (Å²) in [6.07, 6.45) is 2.96. The molecule has 3 heteroatoms. The molecular weight excluding hydrogens is 250 g/mol. The highest BCUT2D eigenvalue weighted by atomic mass is 16.5. The van der Waals surface area contributed by atoms with Crippen LogP contribution in [0.1, 0.15) is 64.1 Å². The number of nitrogens with two attached hydrogens (primary N) is 1. The monoisotopic (exact) mass is 277 g/mol. The summed E-state index contributed by atoms with van der Waals surface area (Å²) < 4.78 is 11.7. The maximum atomic E-state index is 6.27. The highest BCUT2D eigenvalue weighted by molar-refractivity contribution is 5.53. The van der Waals surface area contributed by atoms with Crippen molar-refractivity contribution in [2.75, 3.05) is 13.2 Å². The summed E-state index contributed by atoms with van der Waals surface area (Å²) in [5, 5.41) is 0. The van der Waals surface area contributed by atoms with E-state index in [0.29, 0.717) is 13.2 Å². The Labute approximate surface area is 122 Å². The van der Waals surface area contributed by atoms with Gasteiger partial charge in [-0.15, -0.1) is 0 Å². The zero-order valence-electron chi connectivity index (χ0n) is 13.2. The first-order chi connectivity index (χ1) is 9.49. The maximum absolute atomic E-state index is 6.27. The Morgan fingerprint density at radius 1 is 1.10 bits per heavy atom. The maximum Gasteiger partial charge on any atom is 0.161 e. The molecule has 112 valence electrons. The Hall–Kier alpha value is -1.22. The fraction of sp³-hybridized carbons (Fsp3) is 0.647. The van der Waals surface area contributed by atoms with Crippen molar-refractivity contribution in [3.8, 4) is 11.5 Å². The Kier molecular flexibility index (Phi) is 4.59. The second kappa shape index (κ2) is 6.04. The van der Waals surface area contributed by atoms with E-state index in [1.54, 1.807) is 0 Å². The van der Waals surface area contributed by atoms with E-state index < -0.39 is 0 Å². The summed E-state index contributed by atoms with van der Waals surface area (Å²) in [4.78, 5) is 0. The van der Waals surface area contributed by atoms with Gasteiger partial charge < -0.3 is 15.2 Å². The summed E-state index contributed by atoms with van der Waals surface area (Å²) in [5.41, 5.74) is 8.91. The average Bonchev–Trinajstić information content (AvgIpc) is 2.63. The summed E-state index contributed by atoms with van der Waals surface area (Å²) in [5.74, 6) is 1.70. The zero-order valence-corrected chi connectivity index (χ0v) is 13.2. The van der Waals surface area contributed by atoms with Crippen LogP contribution in [0, 0.1) is 0 Å². The molecule has 1 aromatic carbocycles. The van der Waals surface area contributed by atoms with Crippen LogP contribution in [0.4, 0.5) is 0 Å². The molecule has 1 aromatic rings. The molecule has 0 aliphatic heterocycles. The molecule has 0 spiro atoms. The molecule has 20 heavy (non-hydrogen) atoms. The average molecular weight is 277 g/mol. The van der Waals surface area contributed by atoms with Crippen LogP contribution < -0.4 is 15.2 Å². The molecule has 0 saturated carbocycles. The number of hydrogen-bond donors (Lipinski definition) is 1. The van der Waals surface area contributed by atoms with Crippen molar-refractivity contribution in [3.63, 3.8) is 0 Å². The third-order valence-electron chi connectivity index (χ3n) is 3.90. The van der Waals surface area contributed by atoms with Gasteiger partial charge in [-0.2, -0.15) is 0 Å². The number of fused-ring (bicyclic) bond motifs is 1. The van der Waals surface area contributed by atoms with Gasteiger partial charge >= 0.3 is 0 Å². The van der Waals surface area contributed by atoms with Crippen molar-refractivity contribution in [1.29, 1.82) is 0 Å². The summed E-state index contributed by atoms with van der Waals surface area (Å²) in [7, 11) is 0. The first kappa shape index (κ1) is 15.2. The first-order valence-corrected chi connectivity index (χ1v) is 7.69. The number of hydrogen-bond acceptors (Lipinski definition) is 3. The van der Waals surface area contributed by atoms with Gasteiger partial charge in [-0.1, -0.05) is 27.7 Å². The van der Waals surface area contributed by atoms with Crippen LogP contribution in [-0.2, 0) is 5.41 Å². The van der Waals surface area contributed by atoms with Crippen molar-refractivity contribution in [3.05, 3.63) is 23.3 Å².